The van der Waals surface area contributed by atoms with Crippen molar-refractivity contribution in [1.29, 1.82) is 0 Å². The molecule has 0 amide bonds. The van der Waals surface area contributed by atoms with Crippen LogP contribution in [0.5, 0.6) is 0 Å². The molecular weight excluding hydrogens is 544 g/mol. The van der Waals surface area contributed by atoms with E-state index in [0.29, 0.717) is 119 Å². The second-order valence-corrected chi connectivity index (χ2v) is 10.7. The number of ether oxygens (including phenoxy) is 9. The summed E-state index contributed by atoms with van der Waals surface area (Å²) >= 11 is 0. The van der Waals surface area contributed by atoms with Crippen molar-refractivity contribution in [1.82, 2.24) is 0 Å². The zero-order valence-corrected chi connectivity index (χ0v) is 25.5. The fourth-order valence-corrected chi connectivity index (χ4v) is 5.52. The van der Waals surface area contributed by atoms with Gasteiger partial charge in [-0.15, -0.1) is 0 Å². The molecule has 0 aliphatic carbocycles. The third-order valence-electron chi connectivity index (χ3n) is 5.10. The van der Waals surface area contributed by atoms with Gasteiger partial charge in [-0.05, 0) is 0 Å². The van der Waals surface area contributed by atoms with Crippen molar-refractivity contribution in [2.24, 2.45) is 0 Å². The molecule has 13 heteroatoms. The van der Waals surface area contributed by atoms with Gasteiger partial charge in [0, 0.05) is 26.5 Å². The molecule has 0 heterocycles. The van der Waals surface area contributed by atoms with Gasteiger partial charge in [0.05, 0.1) is 119 Å². The Morgan fingerprint density at radius 2 is 0.650 bits per heavy atom. The predicted octanol–water partition coefficient (Wildman–Crippen LogP) is 0.921. The van der Waals surface area contributed by atoms with Gasteiger partial charge < -0.3 is 55.9 Å². The molecule has 0 bridgehead atoms. The second-order valence-electron chi connectivity index (χ2n) is 8.12. The molecule has 1 rings (SSSR count). The molecule has 0 saturated carbocycles. The van der Waals surface area contributed by atoms with Gasteiger partial charge in [-0.3, -0.25) is 0 Å². The highest BCUT2D eigenvalue weighted by Gasteiger charge is 2.44. The van der Waals surface area contributed by atoms with E-state index in [1.165, 1.54) is 0 Å². The van der Waals surface area contributed by atoms with Gasteiger partial charge in [-0.2, -0.15) is 0 Å². The van der Waals surface area contributed by atoms with E-state index in [4.69, 9.17) is 55.9 Å². The van der Waals surface area contributed by atoms with Crippen LogP contribution in [0.15, 0.2) is 30.3 Å². The molecule has 0 saturated heterocycles. The van der Waals surface area contributed by atoms with Crippen molar-refractivity contribution in [3.63, 3.8) is 0 Å². The van der Waals surface area contributed by atoms with Crippen LogP contribution in [0.3, 0.4) is 0 Å². The van der Waals surface area contributed by atoms with E-state index in [2.05, 4.69) is 0 Å². The summed E-state index contributed by atoms with van der Waals surface area (Å²) in [6.07, 6.45) is 0. The second kappa shape index (κ2) is 28.1. The molecule has 12 nitrogen and oxygen atoms in total. The van der Waals surface area contributed by atoms with Gasteiger partial charge >= 0.3 is 8.80 Å². The van der Waals surface area contributed by atoms with Crippen molar-refractivity contribution in [3.8, 4) is 0 Å². The van der Waals surface area contributed by atoms with Gasteiger partial charge in [-0.1, -0.05) is 30.3 Å². The summed E-state index contributed by atoms with van der Waals surface area (Å²) in [7, 11) is 1.60. The first-order valence-electron chi connectivity index (χ1n) is 13.7. The Balaban J connectivity index is 2.59. The van der Waals surface area contributed by atoms with Crippen LogP contribution in [0.25, 0.3) is 0 Å². The van der Waals surface area contributed by atoms with Gasteiger partial charge in [0.25, 0.3) is 0 Å². The zero-order chi connectivity index (χ0) is 28.8. The Labute approximate surface area is 240 Å². The maximum absolute atomic E-state index is 6.33. The van der Waals surface area contributed by atoms with Crippen LogP contribution in [-0.2, 0) is 55.9 Å². The van der Waals surface area contributed by atoms with Crippen molar-refractivity contribution in [3.05, 3.63) is 30.3 Å². The Morgan fingerprint density at radius 1 is 0.375 bits per heavy atom. The molecule has 0 radical (unpaired) electrons. The lowest BCUT2D eigenvalue weighted by atomic mass is 10.4. The largest absolute Gasteiger partial charge is 0.537 e. The van der Waals surface area contributed by atoms with Crippen LogP contribution in [-0.4, -0.2) is 149 Å². The summed E-state index contributed by atoms with van der Waals surface area (Å²) in [5, 5.41) is 0.851. The summed E-state index contributed by atoms with van der Waals surface area (Å²) in [6.45, 7) is 8.05. The van der Waals surface area contributed by atoms with Crippen molar-refractivity contribution in [2.75, 3.05) is 140 Å². The lowest BCUT2D eigenvalue weighted by Gasteiger charge is -2.30. The molecule has 0 aliphatic heterocycles. The van der Waals surface area contributed by atoms with Crippen LogP contribution in [0.2, 0.25) is 0 Å². The lowest BCUT2D eigenvalue weighted by Crippen LogP contribution is -2.58. The van der Waals surface area contributed by atoms with Crippen molar-refractivity contribution >= 4 is 14.0 Å². The first-order chi connectivity index (χ1) is 19.8. The molecule has 234 valence electrons. The first kappa shape index (κ1) is 37.0. The molecule has 0 atom stereocenters. The highest BCUT2D eigenvalue weighted by molar-refractivity contribution is 6.75. The SMILES string of the molecule is COCCOCCOCCO[Si](OCCOCCOCCOC)(OCCOCCOCCOC)c1ccccc1. The summed E-state index contributed by atoms with van der Waals surface area (Å²) in [5.74, 6) is 0. The standard InChI is InChI=1S/C27H50O12Si/c1-28-9-12-31-15-18-34-21-24-37-40(27-7-5-4-6-8-27,38-25-22-35-19-16-32-13-10-29-2)39-26-23-36-20-17-33-14-11-30-3/h4-8H,9-26H2,1-3H3. The summed E-state index contributed by atoms with van der Waals surface area (Å²) in [4.78, 5) is 0. The molecule has 0 fully saturated rings. The quantitative estimate of drug-likeness (QED) is 0.0901. The van der Waals surface area contributed by atoms with Gasteiger partial charge in [0.1, 0.15) is 0 Å². The van der Waals surface area contributed by atoms with E-state index < -0.39 is 8.80 Å². The van der Waals surface area contributed by atoms with E-state index in [1.807, 2.05) is 30.3 Å². The van der Waals surface area contributed by atoms with E-state index in [9.17, 15) is 0 Å². The molecule has 40 heavy (non-hydrogen) atoms. The molecule has 1 aromatic rings. The lowest BCUT2D eigenvalue weighted by molar-refractivity contribution is -0.0157. The van der Waals surface area contributed by atoms with Gasteiger partial charge in [0.2, 0.25) is 0 Å². The maximum atomic E-state index is 6.33. The topological polar surface area (TPSA) is 111 Å². The number of hydrogen-bond acceptors (Lipinski definition) is 12. The van der Waals surface area contributed by atoms with Crippen LogP contribution in [0, 0.1) is 0 Å². The highest BCUT2D eigenvalue weighted by atomic mass is 28.4. The highest BCUT2D eigenvalue weighted by Crippen LogP contribution is 2.11. The number of rotatable bonds is 31. The van der Waals surface area contributed by atoms with Crippen LogP contribution in [0.1, 0.15) is 0 Å². The minimum absolute atomic E-state index is 0.293. The van der Waals surface area contributed by atoms with E-state index >= 15 is 0 Å². The maximum Gasteiger partial charge on any atom is 0.537 e. The molecular formula is C27H50O12Si. The third kappa shape index (κ3) is 19.9. The Hall–Kier alpha value is -1.04. The fourth-order valence-electron chi connectivity index (χ4n) is 3.11. The van der Waals surface area contributed by atoms with E-state index in [1.54, 1.807) is 21.3 Å². The Kier molecular flexibility index (Phi) is 26.0. The van der Waals surface area contributed by atoms with E-state index in [-0.39, 0.29) is 0 Å². The molecule has 0 aliphatic rings. The normalized spacial score (nSPS) is 11.9. The zero-order valence-electron chi connectivity index (χ0n) is 24.5. The van der Waals surface area contributed by atoms with Gasteiger partial charge in [0.15, 0.2) is 0 Å². The number of benzene rings is 1. The predicted molar refractivity (Wildman–Crippen MR) is 150 cm³/mol. The van der Waals surface area contributed by atoms with Crippen LogP contribution < -0.4 is 5.19 Å². The number of hydrogen-bond donors (Lipinski definition) is 0. The Bertz CT molecular complexity index is 588. The third-order valence-corrected chi connectivity index (χ3v) is 7.89. The first-order valence-corrected chi connectivity index (χ1v) is 15.4. The van der Waals surface area contributed by atoms with E-state index in [0.717, 1.165) is 5.19 Å². The molecule has 1 aromatic carbocycles. The fraction of sp³-hybridized carbons (Fsp3) is 0.778. The summed E-state index contributed by atoms with van der Waals surface area (Å²) in [6, 6.07) is 9.71. The minimum atomic E-state index is -3.31. The molecule has 0 aromatic heterocycles. The summed E-state index contributed by atoms with van der Waals surface area (Å²) < 4.78 is 67.1. The smallest absolute Gasteiger partial charge is 0.382 e. The minimum Gasteiger partial charge on any atom is -0.382 e. The van der Waals surface area contributed by atoms with Gasteiger partial charge in [-0.25, -0.2) is 0 Å². The number of methoxy groups -OCH3 is 3. The molecule has 0 spiro atoms. The van der Waals surface area contributed by atoms with Crippen molar-refractivity contribution in [2.45, 2.75) is 0 Å². The monoisotopic (exact) mass is 594 g/mol. The molecule has 0 N–H and O–H groups in total. The average molecular weight is 595 g/mol. The average Bonchev–Trinajstić information content (AvgIpc) is 2.98. The van der Waals surface area contributed by atoms with Crippen LogP contribution in [0.4, 0.5) is 0 Å². The molecule has 0 unspecified atom stereocenters. The summed E-state index contributed by atoms with van der Waals surface area (Å²) in [5.41, 5.74) is 0. The van der Waals surface area contributed by atoms with Crippen LogP contribution >= 0.6 is 0 Å². The van der Waals surface area contributed by atoms with Crippen molar-refractivity contribution < 1.29 is 55.9 Å². The Morgan fingerprint density at radius 3 is 0.950 bits per heavy atom.